The fraction of sp³-hybridized carbons (Fsp3) is 0.533. The molecule has 1 atom stereocenters. The summed E-state index contributed by atoms with van der Waals surface area (Å²) in [6.07, 6.45) is 1.06. The van der Waals surface area contributed by atoms with E-state index in [1.165, 1.54) is 0 Å². The maximum Gasteiger partial charge on any atom is 0.146 e. The van der Waals surface area contributed by atoms with Gasteiger partial charge in [-0.15, -0.1) is 11.6 Å². The van der Waals surface area contributed by atoms with Gasteiger partial charge in [0.25, 0.3) is 0 Å². The minimum atomic E-state index is 0.350. The molecule has 110 valence electrons. The number of alkyl halides is 1. The topological polar surface area (TPSA) is 30.3 Å². The Bertz CT molecular complexity index is 580. The number of aromatic nitrogens is 2. The van der Waals surface area contributed by atoms with Crippen LogP contribution >= 0.6 is 11.6 Å². The Balaban J connectivity index is 2.45. The van der Waals surface area contributed by atoms with Gasteiger partial charge in [0.05, 0.1) is 18.5 Å². The number of methoxy groups -OCH3 is 1. The lowest BCUT2D eigenvalue weighted by Crippen LogP contribution is -2.18. The molecule has 1 aromatic heterocycles. The SMILES string of the molecule is COc1cccc2c1nc(CCl)n2C(C)CCN(C)C. The highest BCUT2D eigenvalue weighted by atomic mass is 35.5. The fourth-order valence-corrected chi connectivity index (χ4v) is 2.65. The van der Waals surface area contributed by atoms with Gasteiger partial charge in [0.2, 0.25) is 0 Å². The summed E-state index contributed by atoms with van der Waals surface area (Å²) in [6, 6.07) is 6.36. The predicted molar refractivity (Wildman–Crippen MR) is 83.7 cm³/mol. The van der Waals surface area contributed by atoms with E-state index in [4.69, 9.17) is 16.3 Å². The molecule has 2 rings (SSSR count). The van der Waals surface area contributed by atoms with E-state index in [2.05, 4.69) is 41.5 Å². The Morgan fingerprint density at radius 3 is 2.75 bits per heavy atom. The first-order valence-corrected chi connectivity index (χ1v) is 7.36. The number of halogens is 1. The molecule has 0 aliphatic rings. The van der Waals surface area contributed by atoms with E-state index in [9.17, 15) is 0 Å². The molecule has 0 N–H and O–H groups in total. The van der Waals surface area contributed by atoms with Crippen molar-refractivity contribution in [3.63, 3.8) is 0 Å². The van der Waals surface area contributed by atoms with Crippen molar-refractivity contribution in [2.45, 2.75) is 25.3 Å². The largest absolute Gasteiger partial charge is 0.494 e. The summed E-state index contributed by atoms with van der Waals surface area (Å²) in [5.41, 5.74) is 1.98. The summed E-state index contributed by atoms with van der Waals surface area (Å²) in [4.78, 5) is 6.83. The lowest BCUT2D eigenvalue weighted by Gasteiger charge is -2.19. The molecule has 0 saturated heterocycles. The predicted octanol–water partition coefficient (Wildman–Crippen LogP) is 3.30. The Morgan fingerprint density at radius 1 is 1.40 bits per heavy atom. The summed E-state index contributed by atoms with van der Waals surface area (Å²) < 4.78 is 7.62. The van der Waals surface area contributed by atoms with Crippen LogP contribution in [0.1, 0.15) is 25.2 Å². The van der Waals surface area contributed by atoms with Crippen LogP contribution in [-0.2, 0) is 5.88 Å². The van der Waals surface area contributed by atoms with E-state index >= 15 is 0 Å². The van der Waals surface area contributed by atoms with Gasteiger partial charge in [-0.05, 0) is 46.1 Å². The first kappa shape index (κ1) is 15.1. The first-order valence-electron chi connectivity index (χ1n) is 6.83. The molecule has 0 bridgehead atoms. The van der Waals surface area contributed by atoms with Crippen molar-refractivity contribution >= 4 is 22.6 Å². The quantitative estimate of drug-likeness (QED) is 0.766. The fourth-order valence-electron chi connectivity index (χ4n) is 2.46. The standard InChI is InChI=1S/C15H22ClN3O/c1-11(8-9-18(2)3)19-12-6-5-7-13(20-4)15(12)17-14(19)10-16/h5-7,11H,8-10H2,1-4H3. The number of hydrogen-bond acceptors (Lipinski definition) is 3. The van der Waals surface area contributed by atoms with Gasteiger partial charge in [0.1, 0.15) is 17.1 Å². The monoisotopic (exact) mass is 295 g/mol. The van der Waals surface area contributed by atoms with Crippen LogP contribution in [0.3, 0.4) is 0 Å². The summed E-state index contributed by atoms with van der Waals surface area (Å²) in [7, 11) is 5.85. The van der Waals surface area contributed by atoms with Gasteiger partial charge in [0.15, 0.2) is 0 Å². The molecule has 1 unspecified atom stereocenters. The average Bonchev–Trinajstić information content (AvgIpc) is 2.82. The van der Waals surface area contributed by atoms with Gasteiger partial charge < -0.3 is 14.2 Å². The zero-order valence-electron chi connectivity index (χ0n) is 12.6. The van der Waals surface area contributed by atoms with Gasteiger partial charge in [0, 0.05) is 6.04 Å². The molecular formula is C15H22ClN3O. The lowest BCUT2D eigenvalue weighted by molar-refractivity contribution is 0.358. The van der Waals surface area contributed by atoms with Gasteiger partial charge >= 0.3 is 0 Å². The number of nitrogens with zero attached hydrogens (tertiary/aromatic N) is 3. The smallest absolute Gasteiger partial charge is 0.146 e. The number of para-hydroxylation sites is 1. The molecule has 1 heterocycles. The average molecular weight is 296 g/mol. The third-order valence-electron chi connectivity index (χ3n) is 3.53. The second-order valence-corrected chi connectivity index (χ2v) is 5.57. The summed E-state index contributed by atoms with van der Waals surface area (Å²) in [5.74, 6) is 2.11. The molecule has 0 spiro atoms. The number of imidazole rings is 1. The van der Waals surface area contributed by atoms with Crippen LogP contribution in [0, 0.1) is 0 Å². The minimum Gasteiger partial charge on any atom is -0.494 e. The molecule has 4 nitrogen and oxygen atoms in total. The van der Waals surface area contributed by atoms with E-state index in [1.807, 2.05) is 12.1 Å². The van der Waals surface area contributed by atoms with Crippen molar-refractivity contribution in [1.82, 2.24) is 14.5 Å². The van der Waals surface area contributed by atoms with Crippen LogP contribution in [0.4, 0.5) is 0 Å². The third-order valence-corrected chi connectivity index (χ3v) is 3.77. The number of rotatable bonds is 6. The highest BCUT2D eigenvalue weighted by Crippen LogP contribution is 2.29. The molecule has 0 radical (unpaired) electrons. The minimum absolute atomic E-state index is 0.350. The summed E-state index contributed by atoms with van der Waals surface area (Å²) in [6.45, 7) is 3.24. The van der Waals surface area contributed by atoms with Crippen molar-refractivity contribution in [2.24, 2.45) is 0 Å². The van der Waals surface area contributed by atoms with Crippen molar-refractivity contribution in [3.8, 4) is 5.75 Å². The molecule has 20 heavy (non-hydrogen) atoms. The van der Waals surface area contributed by atoms with Crippen LogP contribution in [0.2, 0.25) is 0 Å². The van der Waals surface area contributed by atoms with E-state index in [0.29, 0.717) is 11.9 Å². The molecule has 0 aliphatic carbocycles. The first-order chi connectivity index (χ1) is 9.58. The molecule has 0 saturated carbocycles. The lowest BCUT2D eigenvalue weighted by atomic mass is 10.2. The second-order valence-electron chi connectivity index (χ2n) is 5.30. The Kier molecular flexibility index (Phi) is 4.89. The zero-order valence-corrected chi connectivity index (χ0v) is 13.3. The van der Waals surface area contributed by atoms with Crippen LogP contribution in [-0.4, -0.2) is 42.2 Å². The van der Waals surface area contributed by atoms with Crippen molar-refractivity contribution in [1.29, 1.82) is 0 Å². The van der Waals surface area contributed by atoms with Crippen molar-refractivity contribution < 1.29 is 4.74 Å². The molecule has 2 aromatic rings. The zero-order chi connectivity index (χ0) is 14.7. The van der Waals surface area contributed by atoms with Crippen LogP contribution in [0.25, 0.3) is 11.0 Å². The molecule has 5 heteroatoms. The Hall–Kier alpha value is -1.26. The van der Waals surface area contributed by atoms with E-state index in [0.717, 1.165) is 35.6 Å². The van der Waals surface area contributed by atoms with E-state index in [1.54, 1.807) is 7.11 Å². The maximum absolute atomic E-state index is 6.07. The highest BCUT2D eigenvalue weighted by molar-refractivity contribution is 6.16. The Labute approximate surface area is 125 Å². The number of fused-ring (bicyclic) bond motifs is 1. The van der Waals surface area contributed by atoms with E-state index in [-0.39, 0.29) is 0 Å². The van der Waals surface area contributed by atoms with Crippen LogP contribution in [0.5, 0.6) is 5.75 Å². The molecule has 1 aromatic carbocycles. The third kappa shape index (κ3) is 2.91. The van der Waals surface area contributed by atoms with Crippen LogP contribution < -0.4 is 4.74 Å². The number of hydrogen-bond donors (Lipinski definition) is 0. The van der Waals surface area contributed by atoms with Crippen molar-refractivity contribution in [3.05, 3.63) is 24.0 Å². The molecular weight excluding hydrogens is 274 g/mol. The van der Waals surface area contributed by atoms with Crippen LogP contribution in [0.15, 0.2) is 18.2 Å². The summed E-state index contributed by atoms with van der Waals surface area (Å²) >= 11 is 6.07. The molecule has 0 aliphatic heterocycles. The molecule has 0 fully saturated rings. The Morgan fingerprint density at radius 2 is 2.15 bits per heavy atom. The van der Waals surface area contributed by atoms with Gasteiger partial charge in [-0.1, -0.05) is 6.07 Å². The van der Waals surface area contributed by atoms with Gasteiger partial charge in [-0.25, -0.2) is 4.98 Å². The number of benzene rings is 1. The van der Waals surface area contributed by atoms with Gasteiger partial charge in [-0.3, -0.25) is 0 Å². The van der Waals surface area contributed by atoms with E-state index < -0.39 is 0 Å². The van der Waals surface area contributed by atoms with Gasteiger partial charge in [-0.2, -0.15) is 0 Å². The highest BCUT2D eigenvalue weighted by Gasteiger charge is 2.17. The molecule has 0 amide bonds. The normalized spacial score (nSPS) is 13.1. The second kappa shape index (κ2) is 6.46. The summed E-state index contributed by atoms with van der Waals surface area (Å²) in [5, 5.41) is 0. The van der Waals surface area contributed by atoms with Crippen molar-refractivity contribution in [2.75, 3.05) is 27.7 Å². The maximum atomic E-state index is 6.07. The number of ether oxygens (including phenoxy) is 1.